The van der Waals surface area contributed by atoms with Gasteiger partial charge >= 0.3 is 5.97 Å². The molecule has 0 saturated heterocycles. The lowest BCUT2D eigenvalue weighted by molar-refractivity contribution is 0.0528. The Labute approximate surface area is 106 Å². The van der Waals surface area contributed by atoms with Crippen molar-refractivity contribution < 1.29 is 9.53 Å². The van der Waals surface area contributed by atoms with Crippen molar-refractivity contribution in [3.63, 3.8) is 0 Å². The summed E-state index contributed by atoms with van der Waals surface area (Å²) in [5.74, 6) is -0.143. The predicted octanol–water partition coefficient (Wildman–Crippen LogP) is 2.14. The fraction of sp³-hybridized carbons (Fsp3) is 0.636. The van der Waals surface area contributed by atoms with Crippen LogP contribution in [-0.2, 0) is 4.74 Å². The molecule has 0 radical (unpaired) electrons. The van der Waals surface area contributed by atoms with Crippen LogP contribution in [0.2, 0.25) is 0 Å². The van der Waals surface area contributed by atoms with E-state index in [9.17, 15) is 4.79 Å². The van der Waals surface area contributed by atoms with E-state index in [0.29, 0.717) is 12.2 Å². The molecule has 1 aromatic heterocycles. The molecular formula is C11H19N3O2S. The van der Waals surface area contributed by atoms with Gasteiger partial charge in [-0.2, -0.15) is 4.37 Å². The number of ether oxygens (including phenoxy) is 1. The smallest absolute Gasteiger partial charge is 0.345 e. The molecule has 0 aliphatic heterocycles. The molecule has 0 spiro atoms. The highest BCUT2D eigenvalue weighted by atomic mass is 32.1. The van der Waals surface area contributed by atoms with Gasteiger partial charge in [-0.1, -0.05) is 0 Å². The van der Waals surface area contributed by atoms with E-state index >= 15 is 0 Å². The molecule has 1 heterocycles. The molecule has 0 fully saturated rings. The standard InChI is InChI=1S/C11H19N3O2S/c1-5-14(7(3)4)10-8(9(12)13-17-10)11(15)16-6-2/h7H,5-6H2,1-4H3,(H2,12,13). The molecule has 1 rings (SSSR count). The minimum Gasteiger partial charge on any atom is -0.462 e. The molecule has 5 nitrogen and oxygen atoms in total. The van der Waals surface area contributed by atoms with Crippen LogP contribution >= 0.6 is 11.5 Å². The summed E-state index contributed by atoms with van der Waals surface area (Å²) in [6.07, 6.45) is 0. The molecule has 0 bridgehead atoms. The lowest BCUT2D eigenvalue weighted by Gasteiger charge is -2.26. The number of anilines is 2. The van der Waals surface area contributed by atoms with Crippen molar-refractivity contribution in [3.8, 4) is 0 Å². The van der Waals surface area contributed by atoms with Crippen LogP contribution in [0.25, 0.3) is 0 Å². The van der Waals surface area contributed by atoms with Crippen LogP contribution in [-0.4, -0.2) is 29.5 Å². The molecule has 0 aromatic carbocycles. The fourth-order valence-corrected chi connectivity index (χ4v) is 2.63. The largest absolute Gasteiger partial charge is 0.462 e. The SMILES string of the molecule is CCOC(=O)c1c(N)nsc1N(CC)C(C)C. The lowest BCUT2D eigenvalue weighted by Crippen LogP contribution is -2.31. The van der Waals surface area contributed by atoms with E-state index < -0.39 is 5.97 Å². The van der Waals surface area contributed by atoms with Gasteiger partial charge in [-0.3, -0.25) is 0 Å². The number of nitrogens with zero attached hydrogens (tertiary/aromatic N) is 2. The van der Waals surface area contributed by atoms with Crippen LogP contribution in [0.3, 0.4) is 0 Å². The summed E-state index contributed by atoms with van der Waals surface area (Å²) in [5.41, 5.74) is 6.13. The first-order valence-electron chi connectivity index (χ1n) is 5.71. The third-order valence-corrected chi connectivity index (χ3v) is 3.30. The van der Waals surface area contributed by atoms with E-state index in [0.717, 1.165) is 11.5 Å². The highest BCUT2D eigenvalue weighted by Gasteiger charge is 2.25. The molecule has 0 saturated carbocycles. The maximum absolute atomic E-state index is 11.8. The molecule has 0 unspecified atom stereocenters. The normalized spacial score (nSPS) is 10.6. The second-order valence-electron chi connectivity index (χ2n) is 3.85. The van der Waals surface area contributed by atoms with E-state index in [2.05, 4.69) is 23.1 Å². The van der Waals surface area contributed by atoms with E-state index in [1.807, 2.05) is 6.92 Å². The lowest BCUT2D eigenvalue weighted by atomic mass is 10.2. The molecular weight excluding hydrogens is 238 g/mol. The Morgan fingerprint density at radius 3 is 2.65 bits per heavy atom. The molecule has 96 valence electrons. The second-order valence-corrected chi connectivity index (χ2v) is 4.60. The third-order valence-electron chi connectivity index (χ3n) is 2.40. The Bertz CT molecular complexity index is 390. The number of nitrogen functional groups attached to an aromatic ring is 1. The molecule has 0 atom stereocenters. The van der Waals surface area contributed by atoms with Crippen LogP contribution in [0.5, 0.6) is 0 Å². The number of aromatic nitrogens is 1. The van der Waals surface area contributed by atoms with Gasteiger partial charge in [-0.15, -0.1) is 0 Å². The van der Waals surface area contributed by atoms with Crippen molar-refractivity contribution in [2.75, 3.05) is 23.8 Å². The average molecular weight is 257 g/mol. The first kappa shape index (κ1) is 13.8. The molecule has 6 heteroatoms. The van der Waals surface area contributed by atoms with Crippen LogP contribution in [0.4, 0.5) is 10.8 Å². The number of hydrogen-bond acceptors (Lipinski definition) is 6. The summed E-state index contributed by atoms with van der Waals surface area (Å²) in [7, 11) is 0. The van der Waals surface area contributed by atoms with Crippen LogP contribution in [0.15, 0.2) is 0 Å². The van der Waals surface area contributed by atoms with Gasteiger partial charge in [0.1, 0.15) is 10.6 Å². The van der Waals surface area contributed by atoms with Gasteiger partial charge in [0.15, 0.2) is 5.82 Å². The van der Waals surface area contributed by atoms with Gasteiger partial charge < -0.3 is 15.4 Å². The number of hydrogen-bond donors (Lipinski definition) is 1. The van der Waals surface area contributed by atoms with Crippen LogP contribution in [0.1, 0.15) is 38.1 Å². The van der Waals surface area contributed by atoms with Crippen molar-refractivity contribution in [2.24, 2.45) is 0 Å². The molecule has 0 aliphatic rings. The molecule has 2 N–H and O–H groups in total. The van der Waals surface area contributed by atoms with E-state index in [4.69, 9.17) is 10.5 Å². The summed E-state index contributed by atoms with van der Waals surface area (Å²) in [6, 6.07) is 0.285. The van der Waals surface area contributed by atoms with Gasteiger partial charge in [-0.25, -0.2) is 4.79 Å². The minimum absolute atomic E-state index is 0.252. The van der Waals surface area contributed by atoms with Crippen molar-refractivity contribution in [3.05, 3.63) is 5.56 Å². The summed E-state index contributed by atoms with van der Waals surface area (Å²) in [6.45, 7) is 9.06. The quantitative estimate of drug-likeness (QED) is 0.818. The topological polar surface area (TPSA) is 68.5 Å². The van der Waals surface area contributed by atoms with Gasteiger partial charge in [0.2, 0.25) is 0 Å². The second kappa shape index (κ2) is 5.86. The van der Waals surface area contributed by atoms with Crippen molar-refractivity contribution in [1.82, 2.24) is 4.37 Å². The molecule has 17 heavy (non-hydrogen) atoms. The van der Waals surface area contributed by atoms with E-state index in [1.54, 1.807) is 6.92 Å². The maximum Gasteiger partial charge on any atom is 0.345 e. The summed E-state index contributed by atoms with van der Waals surface area (Å²) in [5, 5.41) is 0.790. The number of esters is 1. The average Bonchev–Trinajstić information content (AvgIpc) is 2.61. The maximum atomic E-state index is 11.8. The monoisotopic (exact) mass is 257 g/mol. The third kappa shape index (κ3) is 2.88. The Balaban J connectivity index is 3.12. The number of rotatable bonds is 5. The number of carbonyl (C=O) groups is 1. The molecule has 0 amide bonds. The fourth-order valence-electron chi connectivity index (χ4n) is 1.63. The predicted molar refractivity (Wildman–Crippen MR) is 70.6 cm³/mol. The molecule has 1 aromatic rings. The van der Waals surface area contributed by atoms with Gasteiger partial charge in [-0.05, 0) is 39.2 Å². The first-order valence-corrected chi connectivity index (χ1v) is 6.49. The molecule has 0 aliphatic carbocycles. The first-order chi connectivity index (χ1) is 8.02. The highest BCUT2D eigenvalue weighted by molar-refractivity contribution is 7.11. The van der Waals surface area contributed by atoms with Crippen LogP contribution < -0.4 is 10.6 Å². The zero-order chi connectivity index (χ0) is 13.0. The highest BCUT2D eigenvalue weighted by Crippen LogP contribution is 2.32. The Morgan fingerprint density at radius 2 is 2.18 bits per heavy atom. The van der Waals surface area contributed by atoms with Crippen molar-refractivity contribution in [2.45, 2.75) is 33.7 Å². The summed E-state index contributed by atoms with van der Waals surface area (Å²) >= 11 is 1.24. The zero-order valence-electron chi connectivity index (χ0n) is 10.7. The van der Waals surface area contributed by atoms with E-state index in [1.165, 1.54) is 11.5 Å². The summed E-state index contributed by atoms with van der Waals surface area (Å²) < 4.78 is 9.05. The van der Waals surface area contributed by atoms with Gasteiger partial charge in [0.25, 0.3) is 0 Å². The van der Waals surface area contributed by atoms with Crippen molar-refractivity contribution >= 4 is 28.3 Å². The minimum atomic E-state index is -0.396. The van der Waals surface area contributed by atoms with E-state index in [-0.39, 0.29) is 11.9 Å². The number of carbonyl (C=O) groups excluding carboxylic acids is 1. The Hall–Kier alpha value is -1.30. The summed E-state index contributed by atoms with van der Waals surface area (Å²) in [4.78, 5) is 13.9. The van der Waals surface area contributed by atoms with Crippen LogP contribution in [0, 0.1) is 0 Å². The van der Waals surface area contributed by atoms with Gasteiger partial charge in [0.05, 0.1) is 6.61 Å². The van der Waals surface area contributed by atoms with Gasteiger partial charge in [0, 0.05) is 12.6 Å². The Morgan fingerprint density at radius 1 is 1.53 bits per heavy atom. The van der Waals surface area contributed by atoms with Crippen molar-refractivity contribution in [1.29, 1.82) is 0 Å². The zero-order valence-corrected chi connectivity index (χ0v) is 11.5. The Kier molecular flexibility index (Phi) is 4.74. The number of nitrogens with two attached hydrogens (primary N) is 1.